The number of nitrogens with zero attached hydrogens (tertiary/aromatic N) is 1. The highest BCUT2D eigenvalue weighted by Crippen LogP contribution is 2.30. The summed E-state index contributed by atoms with van der Waals surface area (Å²) in [6.45, 7) is 5.50. The van der Waals surface area contributed by atoms with E-state index in [0.717, 1.165) is 9.87 Å². The van der Waals surface area contributed by atoms with Crippen LogP contribution in [-0.4, -0.2) is 27.4 Å². The van der Waals surface area contributed by atoms with Crippen LogP contribution in [0.3, 0.4) is 0 Å². The van der Waals surface area contributed by atoms with Crippen molar-refractivity contribution in [2.45, 2.75) is 25.7 Å². The molecule has 0 aliphatic rings. The monoisotopic (exact) mass is 380 g/mol. The van der Waals surface area contributed by atoms with Crippen molar-refractivity contribution in [3.8, 4) is 0 Å². The molecule has 2 aromatic carbocycles. The highest BCUT2D eigenvalue weighted by molar-refractivity contribution is 7.92. The van der Waals surface area contributed by atoms with E-state index in [1.54, 1.807) is 44.2 Å². The minimum Gasteiger partial charge on any atom is -0.355 e. The summed E-state index contributed by atoms with van der Waals surface area (Å²) < 4.78 is 27.4. The quantitative estimate of drug-likeness (QED) is 0.836. The zero-order valence-corrected chi connectivity index (χ0v) is 16.0. The van der Waals surface area contributed by atoms with Crippen LogP contribution in [0.15, 0.2) is 47.4 Å². The van der Waals surface area contributed by atoms with Gasteiger partial charge >= 0.3 is 0 Å². The molecule has 0 fully saturated rings. The number of rotatable bonds is 6. The summed E-state index contributed by atoms with van der Waals surface area (Å²) >= 11 is 6.15. The largest absolute Gasteiger partial charge is 0.355 e. The van der Waals surface area contributed by atoms with Gasteiger partial charge in [0.2, 0.25) is 5.91 Å². The molecular formula is C18H21ClN2O3S. The number of carbonyl (C=O) groups excluding carboxylic acids is 1. The molecule has 25 heavy (non-hydrogen) atoms. The minimum atomic E-state index is -3.91. The number of amides is 1. The van der Waals surface area contributed by atoms with Gasteiger partial charge in [-0.2, -0.15) is 0 Å². The summed E-state index contributed by atoms with van der Waals surface area (Å²) in [5.41, 5.74) is 1.94. The Kier molecular flexibility index (Phi) is 6.08. The maximum absolute atomic E-state index is 13.2. The zero-order valence-electron chi connectivity index (χ0n) is 14.4. The molecule has 1 amide bonds. The number of aryl methyl sites for hydroxylation is 1. The number of nitrogens with one attached hydrogen (secondary N) is 1. The Bertz CT molecular complexity index is 864. The summed E-state index contributed by atoms with van der Waals surface area (Å²) in [5.74, 6) is -0.377. The van der Waals surface area contributed by atoms with Crippen molar-refractivity contribution in [3.05, 3.63) is 58.6 Å². The topological polar surface area (TPSA) is 66.5 Å². The number of sulfonamides is 1. The van der Waals surface area contributed by atoms with Crippen LogP contribution in [0.25, 0.3) is 0 Å². The summed E-state index contributed by atoms with van der Waals surface area (Å²) in [6.07, 6.45) is 0. The lowest BCUT2D eigenvalue weighted by molar-refractivity contribution is -0.119. The van der Waals surface area contributed by atoms with Gasteiger partial charge in [0, 0.05) is 11.6 Å². The first-order valence-corrected chi connectivity index (χ1v) is 9.70. The van der Waals surface area contributed by atoms with Gasteiger partial charge in [0.25, 0.3) is 10.0 Å². The number of hydrogen-bond donors (Lipinski definition) is 1. The number of carbonyl (C=O) groups is 1. The van der Waals surface area contributed by atoms with Crippen LogP contribution < -0.4 is 9.62 Å². The number of anilines is 1. The average molecular weight is 381 g/mol. The van der Waals surface area contributed by atoms with Gasteiger partial charge in [0.15, 0.2) is 0 Å². The van der Waals surface area contributed by atoms with E-state index >= 15 is 0 Å². The van der Waals surface area contributed by atoms with E-state index in [-0.39, 0.29) is 17.3 Å². The Morgan fingerprint density at radius 1 is 1.12 bits per heavy atom. The average Bonchev–Trinajstić information content (AvgIpc) is 2.56. The van der Waals surface area contributed by atoms with Gasteiger partial charge in [0.1, 0.15) is 6.54 Å². The third-order valence-corrected chi connectivity index (χ3v) is 5.96. The molecule has 2 aromatic rings. The second kappa shape index (κ2) is 7.89. The predicted molar refractivity (Wildman–Crippen MR) is 101 cm³/mol. The van der Waals surface area contributed by atoms with Crippen LogP contribution in [0.4, 0.5) is 5.69 Å². The number of likely N-dealkylation sites (N-methyl/N-ethyl adjacent to an activating group) is 1. The molecule has 0 aliphatic heterocycles. The minimum absolute atomic E-state index is 0.127. The standard InChI is InChI=1S/C18H21ClN2O3S/c1-4-20-18(22)12-21(17-7-5-6-16(19)14(17)3)25(23,24)15-10-8-13(2)9-11-15/h5-11H,4,12H2,1-3H3,(H,20,22). The van der Waals surface area contributed by atoms with E-state index in [0.29, 0.717) is 22.8 Å². The van der Waals surface area contributed by atoms with E-state index in [1.807, 2.05) is 6.92 Å². The fraction of sp³-hybridized carbons (Fsp3) is 0.278. The number of hydrogen-bond acceptors (Lipinski definition) is 3. The second-order valence-electron chi connectivity index (χ2n) is 5.66. The van der Waals surface area contributed by atoms with E-state index < -0.39 is 10.0 Å². The first-order valence-electron chi connectivity index (χ1n) is 7.88. The highest BCUT2D eigenvalue weighted by atomic mass is 35.5. The molecule has 0 saturated heterocycles. The summed E-state index contributed by atoms with van der Waals surface area (Å²) in [4.78, 5) is 12.2. The Balaban J connectivity index is 2.56. The van der Waals surface area contributed by atoms with Gasteiger partial charge in [-0.15, -0.1) is 0 Å². The lowest BCUT2D eigenvalue weighted by Crippen LogP contribution is -2.41. The van der Waals surface area contributed by atoms with Crippen molar-refractivity contribution in [2.75, 3.05) is 17.4 Å². The predicted octanol–water partition coefficient (Wildman–Crippen LogP) is 3.29. The smallest absolute Gasteiger partial charge is 0.264 e. The molecule has 0 aromatic heterocycles. The van der Waals surface area contributed by atoms with Crippen LogP contribution in [0.5, 0.6) is 0 Å². The Morgan fingerprint density at radius 2 is 1.76 bits per heavy atom. The van der Waals surface area contributed by atoms with Crippen molar-refractivity contribution in [3.63, 3.8) is 0 Å². The van der Waals surface area contributed by atoms with Gasteiger partial charge in [0.05, 0.1) is 10.6 Å². The third kappa shape index (κ3) is 4.32. The van der Waals surface area contributed by atoms with Gasteiger partial charge < -0.3 is 5.32 Å². The first kappa shape index (κ1) is 19.3. The van der Waals surface area contributed by atoms with Crippen LogP contribution in [-0.2, 0) is 14.8 Å². The molecule has 0 aliphatic carbocycles. The summed E-state index contributed by atoms with van der Waals surface area (Å²) in [6, 6.07) is 11.5. The Morgan fingerprint density at radius 3 is 2.36 bits per heavy atom. The second-order valence-corrected chi connectivity index (χ2v) is 7.93. The van der Waals surface area contributed by atoms with Gasteiger partial charge in [-0.25, -0.2) is 8.42 Å². The van der Waals surface area contributed by atoms with Crippen molar-refractivity contribution in [2.24, 2.45) is 0 Å². The molecular weight excluding hydrogens is 360 g/mol. The SMILES string of the molecule is CCNC(=O)CN(c1cccc(Cl)c1C)S(=O)(=O)c1ccc(C)cc1. The van der Waals surface area contributed by atoms with Crippen molar-refractivity contribution >= 4 is 33.2 Å². The molecule has 0 unspecified atom stereocenters. The molecule has 0 heterocycles. The molecule has 0 spiro atoms. The van der Waals surface area contributed by atoms with Crippen LogP contribution in [0.2, 0.25) is 5.02 Å². The van der Waals surface area contributed by atoms with Crippen LogP contribution in [0, 0.1) is 13.8 Å². The van der Waals surface area contributed by atoms with Crippen molar-refractivity contribution in [1.82, 2.24) is 5.32 Å². The molecule has 0 radical (unpaired) electrons. The van der Waals surface area contributed by atoms with Crippen LogP contribution in [0.1, 0.15) is 18.1 Å². The molecule has 0 atom stereocenters. The zero-order chi connectivity index (χ0) is 18.6. The number of halogens is 1. The lowest BCUT2D eigenvalue weighted by atomic mass is 10.2. The maximum atomic E-state index is 13.2. The fourth-order valence-corrected chi connectivity index (χ4v) is 4.03. The molecule has 7 heteroatoms. The third-order valence-electron chi connectivity index (χ3n) is 3.78. The molecule has 1 N–H and O–H groups in total. The fourth-order valence-electron chi connectivity index (χ4n) is 2.39. The molecule has 0 bridgehead atoms. The maximum Gasteiger partial charge on any atom is 0.264 e. The molecule has 5 nitrogen and oxygen atoms in total. The van der Waals surface area contributed by atoms with Gasteiger partial charge in [-0.1, -0.05) is 35.4 Å². The summed E-state index contributed by atoms with van der Waals surface area (Å²) in [7, 11) is -3.91. The van der Waals surface area contributed by atoms with Crippen LogP contribution >= 0.6 is 11.6 Å². The lowest BCUT2D eigenvalue weighted by Gasteiger charge is -2.26. The van der Waals surface area contributed by atoms with Gasteiger partial charge in [-0.3, -0.25) is 9.10 Å². The molecule has 0 saturated carbocycles. The van der Waals surface area contributed by atoms with E-state index in [4.69, 9.17) is 11.6 Å². The highest BCUT2D eigenvalue weighted by Gasteiger charge is 2.28. The number of benzene rings is 2. The summed E-state index contributed by atoms with van der Waals surface area (Å²) in [5, 5.41) is 3.08. The molecule has 2 rings (SSSR count). The first-order chi connectivity index (χ1) is 11.8. The van der Waals surface area contributed by atoms with E-state index in [9.17, 15) is 13.2 Å². The van der Waals surface area contributed by atoms with E-state index in [2.05, 4.69) is 5.32 Å². The van der Waals surface area contributed by atoms with Gasteiger partial charge in [-0.05, 0) is 50.6 Å². The van der Waals surface area contributed by atoms with Crippen molar-refractivity contribution in [1.29, 1.82) is 0 Å². The normalized spacial score (nSPS) is 11.2. The Labute approximate surface area is 153 Å². The Hall–Kier alpha value is -2.05. The van der Waals surface area contributed by atoms with E-state index in [1.165, 1.54) is 12.1 Å². The van der Waals surface area contributed by atoms with Crippen molar-refractivity contribution < 1.29 is 13.2 Å². The molecule has 134 valence electrons.